The van der Waals surface area contributed by atoms with Crippen LogP contribution in [-0.4, -0.2) is 16.8 Å². The average molecular weight is 256 g/mol. The smallest absolute Gasteiger partial charge is 0.138 e. The third-order valence-corrected chi connectivity index (χ3v) is 3.74. The van der Waals surface area contributed by atoms with E-state index < -0.39 is 0 Å². The summed E-state index contributed by atoms with van der Waals surface area (Å²) in [6.07, 6.45) is -0.110. The molecule has 19 heavy (non-hydrogen) atoms. The van der Waals surface area contributed by atoms with Gasteiger partial charge in [0.25, 0.3) is 0 Å². The van der Waals surface area contributed by atoms with Crippen molar-refractivity contribution >= 4 is 0 Å². The lowest BCUT2D eigenvalue weighted by Gasteiger charge is -2.27. The van der Waals surface area contributed by atoms with E-state index in [2.05, 4.69) is 0 Å². The van der Waals surface area contributed by atoms with Crippen LogP contribution in [0.3, 0.4) is 0 Å². The van der Waals surface area contributed by atoms with Gasteiger partial charge in [-0.2, -0.15) is 0 Å². The number of phenolic OH excluding ortho intramolecular Hbond substituents is 2. The molecule has 0 radical (unpaired) electrons. The SMILES string of the molecule is Oc1ccc2c(c1)OC1c3ccc(O)cc3OCC21. The predicted octanol–water partition coefficient (Wildman–Crippen LogP) is 2.71. The summed E-state index contributed by atoms with van der Waals surface area (Å²) in [6, 6.07) is 10.2. The van der Waals surface area contributed by atoms with Crippen molar-refractivity contribution < 1.29 is 19.7 Å². The lowest BCUT2D eigenvalue weighted by atomic mass is 9.89. The van der Waals surface area contributed by atoms with Crippen LogP contribution in [0.2, 0.25) is 0 Å². The fourth-order valence-electron chi connectivity index (χ4n) is 2.83. The molecule has 0 spiro atoms. The van der Waals surface area contributed by atoms with Crippen LogP contribution < -0.4 is 9.47 Å². The maximum absolute atomic E-state index is 9.52. The molecule has 0 saturated carbocycles. The van der Waals surface area contributed by atoms with E-state index in [4.69, 9.17) is 9.47 Å². The second-order valence-electron chi connectivity index (χ2n) is 4.90. The van der Waals surface area contributed by atoms with Crippen LogP contribution in [0.5, 0.6) is 23.0 Å². The van der Waals surface area contributed by atoms with Crippen molar-refractivity contribution in [2.24, 2.45) is 0 Å². The quantitative estimate of drug-likeness (QED) is 0.761. The van der Waals surface area contributed by atoms with Gasteiger partial charge in [0.1, 0.15) is 29.1 Å². The standard InChI is InChI=1S/C15H12O4/c16-8-2-4-11-13(5-8)18-7-12-10-3-1-9(17)6-14(10)19-15(11)12/h1-6,12,15-17H,7H2. The first-order valence-electron chi connectivity index (χ1n) is 6.17. The lowest BCUT2D eigenvalue weighted by molar-refractivity contribution is 0.139. The second kappa shape index (κ2) is 3.57. The first-order chi connectivity index (χ1) is 9.22. The fraction of sp³-hybridized carbons (Fsp3) is 0.200. The Morgan fingerprint density at radius 1 is 0.895 bits per heavy atom. The van der Waals surface area contributed by atoms with E-state index in [0.29, 0.717) is 18.1 Å². The van der Waals surface area contributed by atoms with Gasteiger partial charge >= 0.3 is 0 Å². The van der Waals surface area contributed by atoms with Gasteiger partial charge in [-0.25, -0.2) is 0 Å². The summed E-state index contributed by atoms with van der Waals surface area (Å²) < 4.78 is 11.6. The number of phenols is 2. The van der Waals surface area contributed by atoms with Gasteiger partial charge in [0.2, 0.25) is 0 Å². The van der Waals surface area contributed by atoms with Gasteiger partial charge in [-0.05, 0) is 18.2 Å². The number of benzene rings is 2. The number of fused-ring (bicyclic) bond motifs is 5. The molecule has 96 valence electrons. The summed E-state index contributed by atoms with van der Waals surface area (Å²) in [5.74, 6) is 1.89. The van der Waals surface area contributed by atoms with Crippen LogP contribution in [-0.2, 0) is 0 Å². The number of rotatable bonds is 0. The van der Waals surface area contributed by atoms with Crippen molar-refractivity contribution in [3.05, 3.63) is 47.5 Å². The summed E-state index contributed by atoms with van der Waals surface area (Å²) in [4.78, 5) is 0. The van der Waals surface area contributed by atoms with Crippen molar-refractivity contribution in [1.29, 1.82) is 0 Å². The van der Waals surface area contributed by atoms with E-state index in [9.17, 15) is 10.2 Å². The molecule has 4 nitrogen and oxygen atoms in total. The van der Waals surface area contributed by atoms with Crippen LogP contribution >= 0.6 is 0 Å². The van der Waals surface area contributed by atoms with E-state index in [1.807, 2.05) is 12.1 Å². The minimum Gasteiger partial charge on any atom is -0.508 e. The van der Waals surface area contributed by atoms with Gasteiger partial charge in [0.15, 0.2) is 0 Å². The van der Waals surface area contributed by atoms with E-state index in [0.717, 1.165) is 11.1 Å². The Kier molecular flexibility index (Phi) is 1.98. The molecule has 2 aliphatic rings. The van der Waals surface area contributed by atoms with Gasteiger partial charge < -0.3 is 19.7 Å². The topological polar surface area (TPSA) is 58.9 Å². The maximum Gasteiger partial charge on any atom is 0.138 e. The van der Waals surface area contributed by atoms with Crippen LogP contribution in [0.15, 0.2) is 36.4 Å². The molecule has 2 unspecified atom stereocenters. The molecule has 2 aromatic carbocycles. The van der Waals surface area contributed by atoms with Crippen LogP contribution in [0.25, 0.3) is 0 Å². The van der Waals surface area contributed by atoms with Gasteiger partial charge in [0.05, 0.1) is 12.5 Å². The van der Waals surface area contributed by atoms with E-state index in [-0.39, 0.29) is 23.5 Å². The van der Waals surface area contributed by atoms with E-state index in [1.54, 1.807) is 24.3 Å². The minimum atomic E-state index is -0.110. The largest absolute Gasteiger partial charge is 0.508 e. The molecule has 2 atom stereocenters. The average Bonchev–Trinajstić information content (AvgIpc) is 2.75. The Hall–Kier alpha value is -2.36. The Balaban J connectivity index is 1.81. The molecular weight excluding hydrogens is 244 g/mol. The normalized spacial score (nSPS) is 22.7. The molecule has 0 aromatic heterocycles. The first-order valence-corrected chi connectivity index (χ1v) is 6.17. The highest BCUT2D eigenvalue weighted by Gasteiger charge is 2.40. The molecule has 4 heteroatoms. The van der Waals surface area contributed by atoms with E-state index >= 15 is 0 Å². The molecule has 0 fully saturated rings. The van der Waals surface area contributed by atoms with Crippen LogP contribution in [0, 0.1) is 0 Å². The van der Waals surface area contributed by atoms with Gasteiger partial charge in [-0.15, -0.1) is 0 Å². The Morgan fingerprint density at radius 2 is 1.58 bits per heavy atom. The number of aromatic hydroxyl groups is 2. The van der Waals surface area contributed by atoms with Crippen molar-refractivity contribution in [3.63, 3.8) is 0 Å². The molecule has 0 aliphatic carbocycles. The third kappa shape index (κ3) is 1.46. The minimum absolute atomic E-state index is 0.110. The summed E-state index contributed by atoms with van der Waals surface area (Å²) in [5.41, 5.74) is 1.99. The first kappa shape index (κ1) is 10.6. The molecule has 2 aliphatic heterocycles. The fourth-order valence-corrected chi connectivity index (χ4v) is 2.83. The molecule has 4 rings (SSSR count). The Morgan fingerprint density at radius 3 is 2.37 bits per heavy atom. The lowest BCUT2D eigenvalue weighted by Crippen LogP contribution is -2.22. The highest BCUT2D eigenvalue weighted by Crippen LogP contribution is 2.51. The number of hydrogen-bond donors (Lipinski definition) is 2. The zero-order valence-corrected chi connectivity index (χ0v) is 10.0. The van der Waals surface area contributed by atoms with Gasteiger partial charge in [-0.3, -0.25) is 0 Å². The predicted molar refractivity (Wildman–Crippen MR) is 67.8 cm³/mol. The highest BCUT2D eigenvalue weighted by atomic mass is 16.5. The van der Waals surface area contributed by atoms with Crippen LogP contribution in [0.4, 0.5) is 0 Å². The second-order valence-corrected chi connectivity index (χ2v) is 4.90. The zero-order valence-electron chi connectivity index (χ0n) is 10.0. The van der Waals surface area contributed by atoms with Crippen molar-refractivity contribution in [2.75, 3.05) is 6.61 Å². The molecule has 2 heterocycles. The number of hydrogen-bond acceptors (Lipinski definition) is 4. The van der Waals surface area contributed by atoms with Gasteiger partial charge in [0, 0.05) is 23.3 Å². The Labute approximate surface area is 109 Å². The Bertz CT molecular complexity index is 665. The molecule has 0 saturated heterocycles. The summed E-state index contributed by atoms with van der Waals surface area (Å²) in [7, 11) is 0. The summed E-state index contributed by atoms with van der Waals surface area (Å²) >= 11 is 0. The van der Waals surface area contributed by atoms with Gasteiger partial charge in [-0.1, -0.05) is 6.07 Å². The molecular formula is C15H12O4. The van der Waals surface area contributed by atoms with E-state index in [1.165, 1.54) is 0 Å². The maximum atomic E-state index is 9.52. The van der Waals surface area contributed by atoms with Crippen molar-refractivity contribution in [3.8, 4) is 23.0 Å². The monoisotopic (exact) mass is 256 g/mol. The molecule has 2 N–H and O–H groups in total. The molecule has 0 amide bonds. The summed E-state index contributed by atoms with van der Waals surface area (Å²) in [6.45, 7) is 0.513. The molecule has 0 bridgehead atoms. The van der Waals surface area contributed by atoms with Crippen molar-refractivity contribution in [1.82, 2.24) is 0 Å². The summed E-state index contributed by atoms with van der Waals surface area (Å²) in [5, 5.41) is 19.0. The van der Waals surface area contributed by atoms with Crippen LogP contribution in [0.1, 0.15) is 23.1 Å². The zero-order chi connectivity index (χ0) is 13.0. The number of ether oxygens (including phenoxy) is 2. The highest BCUT2D eigenvalue weighted by molar-refractivity contribution is 5.52. The molecule has 2 aromatic rings. The third-order valence-electron chi connectivity index (χ3n) is 3.74. The van der Waals surface area contributed by atoms with Crippen molar-refractivity contribution in [2.45, 2.75) is 12.0 Å².